The van der Waals surface area contributed by atoms with Crippen LogP contribution in [-0.4, -0.2) is 13.2 Å². The summed E-state index contributed by atoms with van der Waals surface area (Å²) in [6.07, 6.45) is 20.4. The summed E-state index contributed by atoms with van der Waals surface area (Å²) in [6.45, 7) is 4.19. The van der Waals surface area contributed by atoms with Crippen molar-refractivity contribution in [2.75, 3.05) is 13.2 Å². The lowest BCUT2D eigenvalue weighted by Gasteiger charge is -2.05. The van der Waals surface area contributed by atoms with Crippen molar-refractivity contribution in [1.29, 1.82) is 0 Å². The highest BCUT2D eigenvalue weighted by molar-refractivity contribution is 5.14. The molecule has 0 fully saturated rings. The average molecular weight is 347 g/mol. The molecule has 1 aromatic carbocycles. The Bertz CT molecular complexity index is 360. The molecule has 0 saturated carbocycles. The predicted octanol–water partition coefficient (Wildman–Crippen LogP) is 7.73. The van der Waals surface area contributed by atoms with E-state index < -0.39 is 0 Å². The molecular formula is C24H42O. The molecule has 144 valence electrons. The Morgan fingerprint density at radius 2 is 1.04 bits per heavy atom. The normalized spacial score (nSPS) is 11.1. The van der Waals surface area contributed by atoms with Crippen LogP contribution in [0, 0.1) is 0 Å². The van der Waals surface area contributed by atoms with Crippen molar-refractivity contribution in [2.45, 2.75) is 103 Å². The van der Waals surface area contributed by atoms with Crippen molar-refractivity contribution in [3.63, 3.8) is 0 Å². The molecule has 0 bridgehead atoms. The van der Waals surface area contributed by atoms with Crippen LogP contribution in [0.2, 0.25) is 0 Å². The molecule has 1 nitrogen and oxygen atoms in total. The smallest absolute Gasteiger partial charge is 0.0466 e. The van der Waals surface area contributed by atoms with E-state index >= 15 is 0 Å². The van der Waals surface area contributed by atoms with E-state index in [4.69, 9.17) is 4.74 Å². The fourth-order valence-corrected chi connectivity index (χ4v) is 3.33. The molecule has 0 atom stereocenters. The third kappa shape index (κ3) is 15.2. The lowest BCUT2D eigenvalue weighted by atomic mass is 10.0. The Morgan fingerprint density at radius 1 is 0.560 bits per heavy atom. The second-order valence-electron chi connectivity index (χ2n) is 7.44. The van der Waals surface area contributed by atoms with Gasteiger partial charge in [-0.1, -0.05) is 108 Å². The minimum Gasteiger partial charge on any atom is -0.381 e. The first-order chi connectivity index (χ1) is 12.4. The first-order valence-electron chi connectivity index (χ1n) is 11.0. The van der Waals surface area contributed by atoms with Crippen LogP contribution in [0.4, 0.5) is 0 Å². The van der Waals surface area contributed by atoms with E-state index in [1.54, 1.807) is 0 Å². The second kappa shape index (κ2) is 18.0. The van der Waals surface area contributed by atoms with Gasteiger partial charge in [-0.05, 0) is 31.2 Å². The monoisotopic (exact) mass is 346 g/mol. The van der Waals surface area contributed by atoms with Crippen molar-refractivity contribution in [3.8, 4) is 0 Å². The van der Waals surface area contributed by atoms with Crippen LogP contribution in [0.5, 0.6) is 0 Å². The average Bonchev–Trinajstić information content (AvgIpc) is 2.65. The number of aryl methyl sites for hydroxylation is 1. The summed E-state index contributed by atoms with van der Waals surface area (Å²) in [5.74, 6) is 0. The van der Waals surface area contributed by atoms with Gasteiger partial charge in [0, 0.05) is 13.2 Å². The van der Waals surface area contributed by atoms with Crippen molar-refractivity contribution in [2.24, 2.45) is 0 Å². The molecule has 25 heavy (non-hydrogen) atoms. The zero-order chi connectivity index (χ0) is 17.8. The Morgan fingerprint density at radius 3 is 1.60 bits per heavy atom. The Kier molecular flexibility index (Phi) is 16.0. The van der Waals surface area contributed by atoms with E-state index in [2.05, 4.69) is 37.3 Å². The van der Waals surface area contributed by atoms with Crippen LogP contribution in [0.3, 0.4) is 0 Å². The Labute approximate surface area is 157 Å². The molecule has 0 saturated heterocycles. The SMILES string of the molecule is CCCCCOCCCCCCCCCCCCCc1ccccc1. The fraction of sp³-hybridized carbons (Fsp3) is 0.750. The van der Waals surface area contributed by atoms with Crippen LogP contribution in [-0.2, 0) is 11.2 Å². The molecule has 0 N–H and O–H groups in total. The van der Waals surface area contributed by atoms with Gasteiger partial charge < -0.3 is 4.74 Å². The highest BCUT2D eigenvalue weighted by Gasteiger charge is 1.95. The Hall–Kier alpha value is -0.820. The van der Waals surface area contributed by atoms with Gasteiger partial charge in [0.25, 0.3) is 0 Å². The molecule has 0 aliphatic heterocycles. The van der Waals surface area contributed by atoms with Gasteiger partial charge in [-0.15, -0.1) is 0 Å². The summed E-state index contributed by atoms with van der Waals surface area (Å²) in [5.41, 5.74) is 1.49. The number of hydrogen-bond donors (Lipinski definition) is 0. The molecule has 0 radical (unpaired) electrons. The fourth-order valence-electron chi connectivity index (χ4n) is 3.33. The van der Waals surface area contributed by atoms with Crippen molar-refractivity contribution in [3.05, 3.63) is 35.9 Å². The largest absolute Gasteiger partial charge is 0.381 e. The summed E-state index contributed by atoms with van der Waals surface area (Å²) in [6, 6.07) is 10.9. The maximum absolute atomic E-state index is 5.66. The highest BCUT2D eigenvalue weighted by Crippen LogP contribution is 2.13. The van der Waals surface area contributed by atoms with Gasteiger partial charge in [0.15, 0.2) is 0 Å². The van der Waals surface area contributed by atoms with E-state index in [0.29, 0.717) is 0 Å². The van der Waals surface area contributed by atoms with Crippen LogP contribution in [0.1, 0.15) is 102 Å². The van der Waals surface area contributed by atoms with Gasteiger partial charge in [0.2, 0.25) is 0 Å². The molecular weight excluding hydrogens is 304 g/mol. The van der Waals surface area contributed by atoms with Gasteiger partial charge >= 0.3 is 0 Å². The van der Waals surface area contributed by atoms with Gasteiger partial charge in [-0.3, -0.25) is 0 Å². The van der Waals surface area contributed by atoms with Crippen molar-refractivity contribution in [1.82, 2.24) is 0 Å². The lowest BCUT2D eigenvalue weighted by Crippen LogP contribution is -1.96. The maximum atomic E-state index is 5.66. The quantitative estimate of drug-likeness (QED) is 0.247. The summed E-state index contributed by atoms with van der Waals surface area (Å²) >= 11 is 0. The number of benzene rings is 1. The van der Waals surface area contributed by atoms with Gasteiger partial charge in [0.1, 0.15) is 0 Å². The molecule has 1 aromatic rings. The molecule has 0 heterocycles. The van der Waals surface area contributed by atoms with Gasteiger partial charge in [-0.2, -0.15) is 0 Å². The van der Waals surface area contributed by atoms with Crippen LogP contribution >= 0.6 is 0 Å². The lowest BCUT2D eigenvalue weighted by molar-refractivity contribution is 0.126. The minimum absolute atomic E-state index is 0.971. The molecule has 0 unspecified atom stereocenters. The highest BCUT2D eigenvalue weighted by atomic mass is 16.5. The third-order valence-corrected chi connectivity index (χ3v) is 4.99. The molecule has 0 aliphatic carbocycles. The summed E-state index contributed by atoms with van der Waals surface area (Å²) in [7, 11) is 0. The summed E-state index contributed by atoms with van der Waals surface area (Å²) < 4.78 is 5.66. The third-order valence-electron chi connectivity index (χ3n) is 4.99. The number of rotatable bonds is 18. The molecule has 0 amide bonds. The first-order valence-corrected chi connectivity index (χ1v) is 11.0. The number of ether oxygens (including phenoxy) is 1. The summed E-state index contributed by atoms with van der Waals surface area (Å²) in [4.78, 5) is 0. The molecule has 0 aliphatic rings. The van der Waals surface area contributed by atoms with Gasteiger partial charge in [-0.25, -0.2) is 0 Å². The van der Waals surface area contributed by atoms with Crippen LogP contribution < -0.4 is 0 Å². The Balaban J connectivity index is 1.69. The first kappa shape index (κ1) is 22.2. The topological polar surface area (TPSA) is 9.23 Å². The van der Waals surface area contributed by atoms with Crippen molar-refractivity contribution >= 4 is 0 Å². The second-order valence-corrected chi connectivity index (χ2v) is 7.44. The van der Waals surface area contributed by atoms with Crippen molar-refractivity contribution < 1.29 is 4.74 Å². The van der Waals surface area contributed by atoms with Gasteiger partial charge in [0.05, 0.1) is 0 Å². The molecule has 0 spiro atoms. The van der Waals surface area contributed by atoms with E-state index in [-0.39, 0.29) is 0 Å². The molecule has 1 heteroatoms. The summed E-state index contributed by atoms with van der Waals surface area (Å²) in [5, 5.41) is 0. The van der Waals surface area contributed by atoms with E-state index in [1.807, 2.05) is 0 Å². The van der Waals surface area contributed by atoms with E-state index in [0.717, 1.165) is 13.2 Å². The zero-order valence-corrected chi connectivity index (χ0v) is 16.8. The number of unbranched alkanes of at least 4 members (excludes halogenated alkanes) is 12. The van der Waals surface area contributed by atoms with Crippen LogP contribution in [0.25, 0.3) is 0 Å². The minimum atomic E-state index is 0.971. The predicted molar refractivity (Wildman–Crippen MR) is 111 cm³/mol. The zero-order valence-electron chi connectivity index (χ0n) is 16.8. The number of hydrogen-bond acceptors (Lipinski definition) is 1. The maximum Gasteiger partial charge on any atom is 0.0466 e. The molecule has 0 aromatic heterocycles. The van der Waals surface area contributed by atoms with E-state index in [1.165, 1.54) is 102 Å². The standard InChI is InChI=1S/C24H42O/c1-2-3-17-22-25-23-18-12-10-8-6-4-5-7-9-11-14-19-24-20-15-13-16-21-24/h13,15-16,20-21H,2-12,14,17-19,22-23H2,1H3. The van der Waals surface area contributed by atoms with E-state index in [9.17, 15) is 0 Å². The molecule has 1 rings (SSSR count). The van der Waals surface area contributed by atoms with Crippen LogP contribution in [0.15, 0.2) is 30.3 Å².